The Hall–Kier alpha value is -1.17. The van der Waals surface area contributed by atoms with E-state index in [0.717, 1.165) is 30.7 Å². The van der Waals surface area contributed by atoms with Crippen molar-refractivity contribution in [2.75, 3.05) is 47.8 Å². The molecule has 2 aliphatic heterocycles. The fourth-order valence-electron chi connectivity index (χ4n) is 2.06. The molecule has 0 aliphatic carbocycles. The molecule has 3 N–H and O–H groups in total. The number of quaternary nitrogens is 2. The largest absolute Gasteiger partial charge is 0.479 e. The number of rotatable bonds is 6. The smallest absolute Gasteiger partial charge is 0.424 e. The van der Waals surface area contributed by atoms with Crippen molar-refractivity contribution in [3.63, 3.8) is 0 Å². The first-order chi connectivity index (χ1) is 13.0. The molecule has 0 aromatic heterocycles. The van der Waals surface area contributed by atoms with Crippen LogP contribution in [0.5, 0.6) is 0 Å². The van der Waals surface area contributed by atoms with Gasteiger partial charge in [-0.05, 0) is 58.5 Å². The van der Waals surface area contributed by atoms with Crippen LogP contribution in [0.25, 0.3) is 0 Å². The van der Waals surface area contributed by atoms with Crippen molar-refractivity contribution < 1.29 is 9.62 Å². The summed E-state index contributed by atoms with van der Waals surface area (Å²) in [6.07, 6.45) is 16.0. The summed E-state index contributed by atoms with van der Waals surface area (Å²) in [5.74, 6) is 2.00. The highest BCUT2D eigenvalue weighted by atomic mass is 15.0. The predicted molar refractivity (Wildman–Crippen MR) is 124 cm³/mol. The molecule has 1 fully saturated rings. The summed E-state index contributed by atoms with van der Waals surface area (Å²) in [6, 6.07) is 0. The zero-order valence-electron chi connectivity index (χ0n) is 18.2. The second-order valence-corrected chi connectivity index (χ2v) is 6.69. The number of nitrogens with one attached hydrogen (secondary N) is 3. The van der Waals surface area contributed by atoms with E-state index < -0.39 is 0 Å². The number of hydrogen-bond donors (Lipinski definition) is 3. The van der Waals surface area contributed by atoms with Gasteiger partial charge in [0.05, 0.1) is 13.1 Å². The number of hydrogen-bond acceptors (Lipinski definition) is 2. The maximum absolute atomic E-state index is 5.35. The lowest BCUT2D eigenvalue weighted by molar-refractivity contribution is -0.764. The molecule has 7 heteroatoms. The van der Waals surface area contributed by atoms with Crippen LogP contribution in [0, 0.1) is 0 Å². The molecule has 0 spiro atoms. The van der Waals surface area contributed by atoms with Crippen molar-refractivity contribution >= 4 is 22.8 Å². The first-order valence-electron chi connectivity index (χ1n) is 9.98. The molecule has 0 aromatic carbocycles. The van der Waals surface area contributed by atoms with Crippen LogP contribution in [0.2, 0.25) is 6.32 Å². The van der Waals surface area contributed by atoms with E-state index in [4.69, 9.17) is 7.98 Å². The van der Waals surface area contributed by atoms with E-state index in [-0.39, 0.29) is 0 Å². The fourth-order valence-corrected chi connectivity index (χ4v) is 2.06. The van der Waals surface area contributed by atoms with E-state index >= 15 is 0 Å². The first-order valence-corrected chi connectivity index (χ1v) is 9.98. The summed E-state index contributed by atoms with van der Waals surface area (Å²) in [6.45, 7) is 10.5. The molecule has 0 amide bonds. The topological polar surface area (TPSA) is 24.2 Å². The van der Waals surface area contributed by atoms with E-state index in [1.165, 1.54) is 25.7 Å². The minimum Gasteiger partial charge on any atom is -0.424 e. The van der Waals surface area contributed by atoms with E-state index in [1.807, 2.05) is 69.8 Å². The minimum atomic E-state index is 0.976. The van der Waals surface area contributed by atoms with Gasteiger partial charge in [0, 0.05) is 20.5 Å². The van der Waals surface area contributed by atoms with Gasteiger partial charge in [0.2, 0.25) is 0 Å². The van der Waals surface area contributed by atoms with Crippen LogP contribution in [0.4, 0.5) is 0 Å². The highest BCUT2D eigenvalue weighted by Crippen LogP contribution is 1.93. The zero-order chi connectivity index (χ0) is 20.8. The maximum Gasteiger partial charge on any atom is 0.479 e. The summed E-state index contributed by atoms with van der Waals surface area (Å²) >= 11 is 0. The molecular weight excluding hydrogens is 329 g/mol. The van der Waals surface area contributed by atoms with Crippen molar-refractivity contribution in [1.82, 2.24) is 10.1 Å². The van der Waals surface area contributed by atoms with Crippen molar-refractivity contribution in [2.45, 2.75) is 32.0 Å². The van der Waals surface area contributed by atoms with Gasteiger partial charge in [-0.1, -0.05) is 24.2 Å². The van der Waals surface area contributed by atoms with E-state index in [0.29, 0.717) is 0 Å². The lowest BCUT2D eigenvalue weighted by Gasteiger charge is -2.15. The van der Waals surface area contributed by atoms with Crippen molar-refractivity contribution in [1.29, 1.82) is 0 Å². The summed E-state index contributed by atoms with van der Waals surface area (Å²) in [5.41, 5.74) is 0. The summed E-state index contributed by atoms with van der Waals surface area (Å²) in [5, 5.41) is 3.00. The molecule has 2 aliphatic rings. The average molecular weight is 370 g/mol. The molecule has 2 heterocycles. The van der Waals surface area contributed by atoms with Crippen LogP contribution in [0.15, 0.2) is 49.6 Å². The number of allylic oxidation sites excluding steroid dienone is 2. The third-order valence-corrected chi connectivity index (χ3v) is 3.72. The molecule has 2 unspecified atom stereocenters. The van der Waals surface area contributed by atoms with Gasteiger partial charge in [0.1, 0.15) is 0 Å². The standard InChI is InChI=1S/C5H12BN.C5H7BN.C5H11BN.C5H11N/c2*1-7-5-3-2-4-6-7;1-3-4-5-7(2)6;1-3-4-5-6-2/h7H,2-5H2,1H3;2-5H,1H3;3,7H,1,4-5H2,2H3;3,6H,1,4-5H2,2H3/q+1;;+1;. The van der Waals surface area contributed by atoms with Crippen LogP contribution in [0.1, 0.15) is 25.7 Å². The van der Waals surface area contributed by atoms with Crippen LogP contribution >= 0.6 is 0 Å². The molecule has 4 nitrogen and oxygen atoms in total. The highest BCUT2D eigenvalue weighted by Gasteiger charge is 2.11. The fraction of sp³-hybridized carbons (Fsp3) is 0.600. The highest BCUT2D eigenvalue weighted by molar-refractivity contribution is 6.39. The van der Waals surface area contributed by atoms with E-state index in [2.05, 4.69) is 32.9 Å². The van der Waals surface area contributed by atoms with Crippen LogP contribution in [-0.4, -0.2) is 75.4 Å². The molecule has 0 aromatic rings. The van der Waals surface area contributed by atoms with Gasteiger partial charge >= 0.3 is 15.4 Å². The van der Waals surface area contributed by atoms with Gasteiger partial charge in [-0.15, -0.1) is 13.2 Å². The lowest BCUT2D eigenvalue weighted by Crippen LogP contribution is -3.11. The summed E-state index contributed by atoms with van der Waals surface area (Å²) in [4.78, 5) is 4.58. The van der Waals surface area contributed by atoms with Crippen molar-refractivity contribution in [2.24, 2.45) is 0 Å². The Morgan fingerprint density at radius 1 is 1.26 bits per heavy atom. The average Bonchev–Trinajstić information content (AvgIpc) is 2.67. The predicted octanol–water partition coefficient (Wildman–Crippen LogP) is -0.147. The van der Waals surface area contributed by atoms with Gasteiger partial charge in [-0.2, -0.15) is 0 Å². The number of nitrogens with zero attached hydrogens (tertiary/aromatic N) is 1. The van der Waals surface area contributed by atoms with Crippen LogP contribution < -0.4 is 14.9 Å². The Morgan fingerprint density at radius 2 is 1.96 bits per heavy atom. The van der Waals surface area contributed by atoms with E-state index in [9.17, 15) is 0 Å². The Kier molecular flexibility index (Phi) is 23.8. The SMILES string of the molecule is C=CCCNC.CN1[B]C=CC=C1.C[NH+]1[B]CCCC1.[B][NH+](C)CCC=C. The lowest BCUT2D eigenvalue weighted by atomic mass is 9.80. The van der Waals surface area contributed by atoms with Gasteiger partial charge in [0.25, 0.3) is 7.41 Å². The quantitative estimate of drug-likeness (QED) is 0.345. The summed E-state index contributed by atoms with van der Waals surface area (Å²) in [7, 11) is 17.8. The van der Waals surface area contributed by atoms with Gasteiger partial charge in [-0.25, -0.2) is 0 Å². The zero-order valence-corrected chi connectivity index (χ0v) is 18.2. The molecule has 4 radical (unpaired) electrons. The maximum atomic E-state index is 5.35. The Balaban J connectivity index is 0. The minimum absolute atomic E-state index is 0.976. The van der Waals surface area contributed by atoms with Crippen LogP contribution in [-0.2, 0) is 0 Å². The van der Waals surface area contributed by atoms with Gasteiger partial charge < -0.3 is 19.7 Å². The molecule has 0 bridgehead atoms. The molecule has 148 valence electrons. The molecule has 27 heavy (non-hydrogen) atoms. The second kappa shape index (κ2) is 22.9. The second-order valence-electron chi connectivity index (χ2n) is 6.69. The van der Waals surface area contributed by atoms with Crippen LogP contribution in [0.3, 0.4) is 0 Å². The van der Waals surface area contributed by atoms with E-state index in [1.54, 1.807) is 4.81 Å². The Morgan fingerprint density at radius 3 is 2.19 bits per heavy atom. The van der Waals surface area contributed by atoms with Gasteiger partial charge in [-0.3, -0.25) is 0 Å². The normalized spacial score (nSPS) is 17.9. The third kappa shape index (κ3) is 27.2. The molecule has 1 saturated heterocycles. The van der Waals surface area contributed by atoms with Crippen molar-refractivity contribution in [3.05, 3.63) is 49.6 Å². The molecule has 0 saturated carbocycles. The molecule has 2 atom stereocenters. The first kappa shape index (κ1) is 28.0. The third-order valence-electron chi connectivity index (χ3n) is 3.72. The van der Waals surface area contributed by atoms with Gasteiger partial charge in [0.15, 0.2) is 0 Å². The Labute approximate surface area is 172 Å². The molecular formula is C20H41B3N4+2. The Bertz CT molecular complexity index is 381. The monoisotopic (exact) mass is 370 g/mol. The molecule has 2 rings (SSSR count). The van der Waals surface area contributed by atoms with Crippen molar-refractivity contribution in [3.8, 4) is 0 Å². The summed E-state index contributed by atoms with van der Waals surface area (Å²) < 4.78 is 0.